The normalized spacial score (nSPS) is 10.5. The Balaban J connectivity index is 1.55. The lowest BCUT2D eigenvalue weighted by molar-refractivity contribution is -0.142. The van der Waals surface area contributed by atoms with Crippen molar-refractivity contribution in [1.29, 1.82) is 0 Å². The fourth-order valence-corrected chi connectivity index (χ4v) is 3.40. The first-order chi connectivity index (χ1) is 16.5. The largest absolute Gasteiger partial charge is 0.482 e. The van der Waals surface area contributed by atoms with Gasteiger partial charge >= 0.3 is 5.97 Å². The van der Waals surface area contributed by atoms with E-state index in [0.29, 0.717) is 29.2 Å². The van der Waals surface area contributed by atoms with E-state index in [4.69, 9.17) is 9.84 Å². The van der Waals surface area contributed by atoms with Gasteiger partial charge in [0.25, 0.3) is 5.91 Å². The summed E-state index contributed by atoms with van der Waals surface area (Å²) in [5.41, 5.74) is 4.79. The minimum Gasteiger partial charge on any atom is -0.482 e. The average Bonchev–Trinajstić information content (AvgIpc) is 3.28. The van der Waals surface area contributed by atoms with Crippen LogP contribution in [0.3, 0.4) is 0 Å². The fourth-order valence-electron chi connectivity index (χ4n) is 3.40. The number of methoxy groups -OCH3 is 1. The third-order valence-electron chi connectivity index (χ3n) is 5.22. The molecular weight excluding hydrogens is 430 g/mol. The molecule has 7 heteroatoms. The number of anilines is 1. The lowest BCUT2D eigenvalue weighted by Gasteiger charge is -2.08. The molecule has 0 saturated carbocycles. The molecule has 1 heterocycles. The molecule has 0 bridgehead atoms. The van der Waals surface area contributed by atoms with Crippen LogP contribution >= 0.6 is 0 Å². The van der Waals surface area contributed by atoms with E-state index in [1.807, 2.05) is 61.5 Å². The van der Waals surface area contributed by atoms with E-state index in [0.717, 1.165) is 16.7 Å². The first kappa shape index (κ1) is 22.8. The highest BCUT2D eigenvalue weighted by atomic mass is 16.6. The quantitative estimate of drug-likeness (QED) is 0.389. The lowest BCUT2D eigenvalue weighted by atomic mass is 10.1. The van der Waals surface area contributed by atoms with Crippen LogP contribution < -0.4 is 10.1 Å². The van der Waals surface area contributed by atoms with Crippen molar-refractivity contribution in [1.82, 2.24) is 9.78 Å². The van der Waals surface area contributed by atoms with E-state index in [2.05, 4.69) is 10.1 Å². The molecule has 1 N–H and O–H groups in total. The molecule has 0 fully saturated rings. The highest BCUT2D eigenvalue weighted by Gasteiger charge is 2.18. The molecule has 1 amide bonds. The van der Waals surface area contributed by atoms with Crippen LogP contribution in [-0.4, -0.2) is 35.4 Å². The molecule has 0 unspecified atom stereocenters. The van der Waals surface area contributed by atoms with E-state index in [1.54, 1.807) is 35.1 Å². The minimum atomic E-state index is -0.464. The van der Waals surface area contributed by atoms with Gasteiger partial charge in [-0.3, -0.25) is 9.48 Å². The molecule has 0 aliphatic heterocycles. The van der Waals surface area contributed by atoms with Crippen LogP contribution in [0.15, 0.2) is 85.1 Å². The number of nitrogens with one attached hydrogen (secondary N) is 1. The third-order valence-corrected chi connectivity index (χ3v) is 5.22. The number of rotatable bonds is 8. The number of aromatic nitrogens is 2. The summed E-state index contributed by atoms with van der Waals surface area (Å²) in [5.74, 6) is -0.230. The first-order valence-corrected chi connectivity index (χ1v) is 10.8. The van der Waals surface area contributed by atoms with Crippen molar-refractivity contribution < 1.29 is 19.1 Å². The third kappa shape index (κ3) is 5.69. The summed E-state index contributed by atoms with van der Waals surface area (Å²) >= 11 is 0. The molecular formula is C27H25N3O4. The number of ether oxygens (including phenoxy) is 2. The van der Waals surface area contributed by atoms with Gasteiger partial charge in [0.05, 0.1) is 19.2 Å². The second-order valence-electron chi connectivity index (χ2n) is 7.78. The molecule has 4 rings (SSSR count). The predicted octanol–water partition coefficient (Wildman–Crippen LogP) is 4.71. The van der Waals surface area contributed by atoms with Crippen LogP contribution in [0.5, 0.6) is 5.75 Å². The van der Waals surface area contributed by atoms with Gasteiger partial charge in [-0.1, -0.05) is 60.2 Å². The van der Waals surface area contributed by atoms with Crippen molar-refractivity contribution in [2.24, 2.45) is 0 Å². The predicted molar refractivity (Wildman–Crippen MR) is 130 cm³/mol. The monoisotopic (exact) mass is 455 g/mol. The summed E-state index contributed by atoms with van der Waals surface area (Å²) in [4.78, 5) is 24.4. The van der Waals surface area contributed by atoms with Gasteiger partial charge in [-0.25, -0.2) is 4.79 Å². The molecule has 0 aliphatic carbocycles. The maximum absolute atomic E-state index is 13.2. The topological polar surface area (TPSA) is 82.5 Å². The highest BCUT2D eigenvalue weighted by molar-refractivity contribution is 6.08. The number of esters is 1. The van der Waals surface area contributed by atoms with Gasteiger partial charge in [-0.05, 0) is 36.8 Å². The number of hydrogen-bond acceptors (Lipinski definition) is 5. The van der Waals surface area contributed by atoms with Gasteiger partial charge in [-0.2, -0.15) is 5.10 Å². The van der Waals surface area contributed by atoms with Gasteiger partial charge in [0.15, 0.2) is 6.61 Å². The number of benzene rings is 3. The van der Waals surface area contributed by atoms with E-state index in [9.17, 15) is 9.59 Å². The molecule has 0 radical (unpaired) electrons. The van der Waals surface area contributed by atoms with Gasteiger partial charge in [0.2, 0.25) is 0 Å². The number of carbonyl (C=O) groups excluding carboxylic acids is 2. The molecule has 4 aromatic rings. The van der Waals surface area contributed by atoms with Crippen LogP contribution in [0, 0.1) is 6.92 Å². The summed E-state index contributed by atoms with van der Waals surface area (Å²) < 4.78 is 11.7. The smallest absolute Gasteiger partial charge is 0.343 e. The second kappa shape index (κ2) is 10.5. The maximum atomic E-state index is 13.2. The lowest BCUT2D eigenvalue weighted by Crippen LogP contribution is -2.13. The maximum Gasteiger partial charge on any atom is 0.343 e. The molecule has 0 atom stereocenters. The Morgan fingerprint density at radius 2 is 1.65 bits per heavy atom. The Bertz CT molecular complexity index is 1260. The molecule has 1 aromatic heterocycles. The second-order valence-corrected chi connectivity index (χ2v) is 7.78. The van der Waals surface area contributed by atoms with Crippen molar-refractivity contribution in [3.8, 4) is 17.0 Å². The summed E-state index contributed by atoms with van der Waals surface area (Å²) in [6.07, 6.45) is 1.77. The fraction of sp³-hybridized carbons (Fsp3) is 0.148. The molecule has 7 nitrogen and oxygen atoms in total. The summed E-state index contributed by atoms with van der Waals surface area (Å²) in [6, 6.07) is 24.7. The minimum absolute atomic E-state index is 0.178. The van der Waals surface area contributed by atoms with Gasteiger partial charge in [-0.15, -0.1) is 0 Å². The SMILES string of the molecule is COC(=O)COc1ccc(NC(=O)c2cn(Cc3ccccc3)nc2-c2ccc(C)cc2)cc1. The number of amides is 1. The molecule has 34 heavy (non-hydrogen) atoms. The first-order valence-electron chi connectivity index (χ1n) is 10.8. The number of nitrogens with zero attached hydrogens (tertiary/aromatic N) is 2. The molecule has 0 saturated heterocycles. The van der Waals surface area contributed by atoms with E-state index < -0.39 is 5.97 Å². The Hall–Kier alpha value is -4.39. The highest BCUT2D eigenvalue weighted by Crippen LogP contribution is 2.25. The molecule has 0 aliphatic rings. The molecule has 3 aromatic carbocycles. The van der Waals surface area contributed by atoms with E-state index in [1.165, 1.54) is 7.11 Å². The van der Waals surface area contributed by atoms with Crippen LogP contribution in [0.1, 0.15) is 21.5 Å². The Morgan fingerprint density at radius 3 is 2.32 bits per heavy atom. The van der Waals surface area contributed by atoms with Crippen LogP contribution in [0.2, 0.25) is 0 Å². The van der Waals surface area contributed by atoms with Crippen molar-refractivity contribution in [3.63, 3.8) is 0 Å². The van der Waals surface area contributed by atoms with E-state index in [-0.39, 0.29) is 12.5 Å². The average molecular weight is 456 g/mol. The van der Waals surface area contributed by atoms with Crippen LogP contribution in [-0.2, 0) is 16.1 Å². The van der Waals surface area contributed by atoms with Gasteiger partial charge < -0.3 is 14.8 Å². The Labute approximate surface area is 197 Å². The summed E-state index contributed by atoms with van der Waals surface area (Å²) in [6.45, 7) is 2.39. The zero-order chi connectivity index (χ0) is 23.9. The number of carbonyl (C=O) groups is 2. The van der Waals surface area contributed by atoms with Gasteiger partial charge in [0.1, 0.15) is 11.4 Å². The number of aryl methyl sites for hydroxylation is 1. The molecule has 172 valence electrons. The van der Waals surface area contributed by atoms with E-state index >= 15 is 0 Å². The van der Waals surface area contributed by atoms with Crippen LogP contribution in [0.4, 0.5) is 5.69 Å². The number of hydrogen-bond donors (Lipinski definition) is 1. The van der Waals surface area contributed by atoms with Crippen molar-refractivity contribution in [2.75, 3.05) is 19.0 Å². The summed E-state index contributed by atoms with van der Waals surface area (Å²) in [7, 11) is 1.30. The van der Waals surface area contributed by atoms with Crippen LogP contribution in [0.25, 0.3) is 11.3 Å². The zero-order valence-electron chi connectivity index (χ0n) is 19.0. The summed E-state index contributed by atoms with van der Waals surface area (Å²) in [5, 5.41) is 7.64. The standard InChI is InChI=1S/C27H25N3O4/c1-19-8-10-21(11-9-19)26-24(17-30(29-26)16-20-6-4-3-5-7-20)27(32)28-22-12-14-23(15-13-22)34-18-25(31)33-2/h3-15,17H,16,18H2,1-2H3,(H,28,32). The Kier molecular flexibility index (Phi) is 7.03. The van der Waals surface area contributed by atoms with Crippen molar-refractivity contribution in [3.05, 3.63) is 102 Å². The van der Waals surface area contributed by atoms with Gasteiger partial charge in [0, 0.05) is 17.4 Å². The zero-order valence-corrected chi connectivity index (χ0v) is 19.0. The van der Waals surface area contributed by atoms with Crippen molar-refractivity contribution >= 4 is 17.6 Å². The molecule has 0 spiro atoms. The van der Waals surface area contributed by atoms with Crippen molar-refractivity contribution in [2.45, 2.75) is 13.5 Å². The Morgan fingerprint density at radius 1 is 0.941 bits per heavy atom.